The summed E-state index contributed by atoms with van der Waals surface area (Å²) in [6.45, 7) is 3.24. The van der Waals surface area contributed by atoms with Gasteiger partial charge in [-0.3, -0.25) is 0 Å². The number of benzene rings is 1. The van der Waals surface area contributed by atoms with E-state index >= 15 is 0 Å². The van der Waals surface area contributed by atoms with Crippen molar-refractivity contribution >= 4 is 0 Å². The highest BCUT2D eigenvalue weighted by atomic mass is 16.5. The Morgan fingerprint density at radius 3 is 1.96 bits per heavy atom. The summed E-state index contributed by atoms with van der Waals surface area (Å²) in [5, 5.41) is 0. The zero-order valence-electron chi connectivity index (χ0n) is 15.8. The fraction of sp³-hybridized carbons (Fsp3) is 0.739. The summed E-state index contributed by atoms with van der Waals surface area (Å²) in [6, 6.07) is 9.54. The summed E-state index contributed by atoms with van der Waals surface area (Å²) < 4.78 is 5.35. The van der Waals surface area contributed by atoms with E-state index in [2.05, 4.69) is 31.2 Å². The first-order valence-corrected chi connectivity index (χ1v) is 10.4. The van der Waals surface area contributed by atoms with E-state index in [4.69, 9.17) is 4.74 Å². The van der Waals surface area contributed by atoms with Crippen molar-refractivity contribution in [2.24, 2.45) is 17.8 Å². The third-order valence-corrected chi connectivity index (χ3v) is 6.72. The SMILES string of the molecule is CCCc1ccc(C2CCC(C3CCC(COC)CC3)CC2)cc1. The first-order valence-electron chi connectivity index (χ1n) is 10.4. The minimum Gasteiger partial charge on any atom is -0.384 e. The Bertz CT molecular complexity index is 461. The van der Waals surface area contributed by atoms with E-state index in [1.54, 1.807) is 5.56 Å². The Morgan fingerprint density at radius 2 is 1.42 bits per heavy atom. The largest absolute Gasteiger partial charge is 0.384 e. The molecule has 0 aromatic heterocycles. The summed E-state index contributed by atoms with van der Waals surface area (Å²) >= 11 is 0. The molecule has 1 heteroatoms. The molecule has 2 fully saturated rings. The lowest BCUT2D eigenvalue weighted by Crippen LogP contribution is -2.26. The molecule has 1 aromatic rings. The Labute approximate surface area is 149 Å². The monoisotopic (exact) mass is 328 g/mol. The molecule has 0 unspecified atom stereocenters. The molecule has 0 radical (unpaired) electrons. The molecule has 0 amide bonds. The lowest BCUT2D eigenvalue weighted by molar-refractivity contribution is 0.0968. The quantitative estimate of drug-likeness (QED) is 0.590. The van der Waals surface area contributed by atoms with Gasteiger partial charge in [0.2, 0.25) is 0 Å². The van der Waals surface area contributed by atoms with Crippen LogP contribution in [0.2, 0.25) is 0 Å². The van der Waals surface area contributed by atoms with Crippen LogP contribution in [0.4, 0.5) is 0 Å². The van der Waals surface area contributed by atoms with Gasteiger partial charge in [-0.05, 0) is 92.6 Å². The molecule has 0 spiro atoms. The summed E-state index contributed by atoms with van der Waals surface area (Å²) in [5.41, 5.74) is 3.10. The topological polar surface area (TPSA) is 9.23 Å². The van der Waals surface area contributed by atoms with Gasteiger partial charge < -0.3 is 4.74 Å². The highest BCUT2D eigenvalue weighted by molar-refractivity contribution is 5.26. The Balaban J connectivity index is 1.45. The van der Waals surface area contributed by atoms with Crippen LogP contribution < -0.4 is 0 Å². The van der Waals surface area contributed by atoms with Gasteiger partial charge in [0.1, 0.15) is 0 Å². The van der Waals surface area contributed by atoms with Crippen molar-refractivity contribution < 1.29 is 4.74 Å². The Hall–Kier alpha value is -0.820. The number of rotatable bonds is 6. The van der Waals surface area contributed by atoms with Crippen LogP contribution in [-0.4, -0.2) is 13.7 Å². The molecule has 1 aromatic carbocycles. The van der Waals surface area contributed by atoms with Crippen molar-refractivity contribution in [3.8, 4) is 0 Å². The third-order valence-electron chi connectivity index (χ3n) is 6.72. The molecular weight excluding hydrogens is 292 g/mol. The molecule has 2 aliphatic carbocycles. The standard InChI is InChI=1S/C23H36O/c1-3-4-18-5-9-20(10-6-18)22-13-15-23(16-14-22)21-11-7-19(8-12-21)17-24-2/h5-6,9-10,19,21-23H,3-4,7-8,11-17H2,1-2H3. The van der Waals surface area contributed by atoms with Crippen LogP contribution in [0.25, 0.3) is 0 Å². The van der Waals surface area contributed by atoms with E-state index in [1.165, 1.54) is 69.8 Å². The maximum absolute atomic E-state index is 5.35. The van der Waals surface area contributed by atoms with Crippen LogP contribution in [-0.2, 0) is 11.2 Å². The van der Waals surface area contributed by atoms with Gasteiger partial charge in [0.25, 0.3) is 0 Å². The van der Waals surface area contributed by atoms with E-state index in [0.29, 0.717) is 0 Å². The molecule has 0 atom stereocenters. The van der Waals surface area contributed by atoms with Crippen molar-refractivity contribution in [2.75, 3.05) is 13.7 Å². The van der Waals surface area contributed by atoms with Gasteiger partial charge in [0.15, 0.2) is 0 Å². The fourth-order valence-corrected chi connectivity index (χ4v) is 5.23. The molecule has 2 aliphatic rings. The summed E-state index contributed by atoms with van der Waals surface area (Å²) in [7, 11) is 1.85. The molecule has 0 heterocycles. The molecular formula is C23H36O. The molecule has 0 N–H and O–H groups in total. The molecule has 2 saturated carbocycles. The molecule has 3 rings (SSSR count). The maximum Gasteiger partial charge on any atom is 0.0490 e. The van der Waals surface area contributed by atoms with E-state index in [1.807, 2.05) is 7.11 Å². The van der Waals surface area contributed by atoms with Crippen molar-refractivity contribution in [3.05, 3.63) is 35.4 Å². The van der Waals surface area contributed by atoms with Gasteiger partial charge in [-0.1, -0.05) is 37.6 Å². The minimum absolute atomic E-state index is 0.821. The number of ether oxygens (including phenoxy) is 1. The van der Waals surface area contributed by atoms with Crippen molar-refractivity contribution in [1.29, 1.82) is 0 Å². The van der Waals surface area contributed by atoms with Gasteiger partial charge >= 0.3 is 0 Å². The highest BCUT2D eigenvalue weighted by Gasteiger charge is 2.31. The second kappa shape index (κ2) is 9.04. The van der Waals surface area contributed by atoms with Crippen LogP contribution in [0.3, 0.4) is 0 Å². The highest BCUT2D eigenvalue weighted by Crippen LogP contribution is 2.43. The molecule has 0 saturated heterocycles. The summed E-state index contributed by atoms with van der Waals surface area (Å²) in [4.78, 5) is 0. The number of hydrogen-bond acceptors (Lipinski definition) is 1. The number of aryl methyl sites for hydroxylation is 1. The lowest BCUT2D eigenvalue weighted by atomic mass is 9.68. The Morgan fingerprint density at radius 1 is 0.833 bits per heavy atom. The van der Waals surface area contributed by atoms with Crippen LogP contribution in [0.1, 0.15) is 81.8 Å². The van der Waals surface area contributed by atoms with Crippen molar-refractivity contribution in [2.45, 2.75) is 77.0 Å². The van der Waals surface area contributed by atoms with Gasteiger partial charge in [0.05, 0.1) is 0 Å². The van der Waals surface area contributed by atoms with Crippen LogP contribution >= 0.6 is 0 Å². The van der Waals surface area contributed by atoms with Crippen LogP contribution in [0.5, 0.6) is 0 Å². The summed E-state index contributed by atoms with van der Waals surface area (Å²) in [5.74, 6) is 3.67. The van der Waals surface area contributed by atoms with Crippen LogP contribution in [0, 0.1) is 17.8 Å². The van der Waals surface area contributed by atoms with Crippen molar-refractivity contribution in [3.63, 3.8) is 0 Å². The Kier molecular flexibility index (Phi) is 6.77. The average Bonchev–Trinajstić information content (AvgIpc) is 2.64. The third kappa shape index (κ3) is 4.63. The number of hydrogen-bond donors (Lipinski definition) is 0. The predicted molar refractivity (Wildman–Crippen MR) is 102 cm³/mol. The molecule has 24 heavy (non-hydrogen) atoms. The van der Waals surface area contributed by atoms with E-state index in [0.717, 1.165) is 30.3 Å². The molecule has 1 nitrogen and oxygen atoms in total. The van der Waals surface area contributed by atoms with E-state index < -0.39 is 0 Å². The van der Waals surface area contributed by atoms with Gasteiger partial charge in [-0.15, -0.1) is 0 Å². The summed E-state index contributed by atoms with van der Waals surface area (Å²) in [6.07, 6.45) is 13.9. The average molecular weight is 329 g/mol. The molecule has 0 bridgehead atoms. The normalized spacial score (nSPS) is 31.1. The van der Waals surface area contributed by atoms with E-state index in [9.17, 15) is 0 Å². The predicted octanol–water partition coefficient (Wildman–Crippen LogP) is 6.37. The van der Waals surface area contributed by atoms with Gasteiger partial charge in [0, 0.05) is 13.7 Å². The number of methoxy groups -OCH3 is 1. The lowest BCUT2D eigenvalue weighted by Gasteiger charge is -2.38. The van der Waals surface area contributed by atoms with Gasteiger partial charge in [-0.2, -0.15) is 0 Å². The minimum atomic E-state index is 0.821. The first-order chi connectivity index (χ1) is 11.8. The van der Waals surface area contributed by atoms with Crippen molar-refractivity contribution in [1.82, 2.24) is 0 Å². The fourth-order valence-electron chi connectivity index (χ4n) is 5.23. The van der Waals surface area contributed by atoms with Crippen LogP contribution in [0.15, 0.2) is 24.3 Å². The maximum atomic E-state index is 5.35. The first kappa shape index (κ1) is 18.0. The molecule has 0 aliphatic heterocycles. The zero-order valence-corrected chi connectivity index (χ0v) is 15.8. The molecule has 134 valence electrons. The zero-order chi connectivity index (χ0) is 16.8. The smallest absolute Gasteiger partial charge is 0.0490 e. The second-order valence-corrected chi connectivity index (χ2v) is 8.34. The van der Waals surface area contributed by atoms with Gasteiger partial charge in [-0.25, -0.2) is 0 Å². The van der Waals surface area contributed by atoms with E-state index in [-0.39, 0.29) is 0 Å². The second-order valence-electron chi connectivity index (χ2n) is 8.34.